The van der Waals surface area contributed by atoms with Crippen molar-refractivity contribution in [2.24, 2.45) is 0 Å². The molecule has 0 aliphatic carbocycles. The fourth-order valence-corrected chi connectivity index (χ4v) is 5.55. The van der Waals surface area contributed by atoms with E-state index in [0.717, 1.165) is 38.9 Å². The summed E-state index contributed by atoms with van der Waals surface area (Å²) in [4.78, 5) is 17.7. The van der Waals surface area contributed by atoms with Gasteiger partial charge in [0.25, 0.3) is 0 Å². The number of carboxylic acids is 1. The average Bonchev–Trinajstić information content (AvgIpc) is 3.49. The largest absolute Gasteiger partial charge is 0.479 e. The van der Waals surface area contributed by atoms with Gasteiger partial charge in [0, 0.05) is 27.5 Å². The van der Waals surface area contributed by atoms with Crippen LogP contribution in [0.2, 0.25) is 0 Å². The first-order valence-electron chi connectivity index (χ1n) is 10.9. The zero-order valence-electron chi connectivity index (χ0n) is 19.3. The molecule has 2 aromatic heterocycles. The predicted octanol–water partition coefficient (Wildman–Crippen LogP) is 7.47. The minimum Gasteiger partial charge on any atom is -0.479 e. The van der Waals surface area contributed by atoms with Gasteiger partial charge in [0.2, 0.25) is 0 Å². The van der Waals surface area contributed by atoms with E-state index in [1.807, 2.05) is 25.1 Å². The number of thiazole rings is 1. The van der Waals surface area contributed by atoms with Gasteiger partial charge in [0.15, 0.2) is 6.10 Å². The zero-order valence-corrected chi connectivity index (χ0v) is 21.0. The van der Waals surface area contributed by atoms with E-state index in [1.54, 1.807) is 30.2 Å². The fourth-order valence-electron chi connectivity index (χ4n) is 3.37. The molecular weight excluding hydrogens is 511 g/mol. The minimum absolute atomic E-state index is 0.471. The molecule has 10 heteroatoms. The predicted molar refractivity (Wildman–Crippen MR) is 133 cm³/mol. The summed E-state index contributed by atoms with van der Waals surface area (Å²) in [5.41, 5.74) is 1.55. The van der Waals surface area contributed by atoms with Crippen LogP contribution in [-0.4, -0.2) is 22.2 Å². The molecule has 0 fully saturated rings. The summed E-state index contributed by atoms with van der Waals surface area (Å²) in [5, 5.41) is 9.70. The number of ether oxygens (including phenoxy) is 1. The Bertz CT molecular complexity index is 1330. The summed E-state index contributed by atoms with van der Waals surface area (Å²) in [5.74, 6) is 0.816. The van der Waals surface area contributed by atoms with Crippen molar-refractivity contribution in [2.75, 3.05) is 0 Å². The van der Waals surface area contributed by atoms with Gasteiger partial charge in [-0.25, -0.2) is 9.78 Å². The molecule has 1 N–H and O–H groups in total. The lowest BCUT2D eigenvalue weighted by Gasteiger charge is -2.13. The number of rotatable bonds is 9. The highest BCUT2D eigenvalue weighted by Crippen LogP contribution is 2.36. The van der Waals surface area contributed by atoms with Crippen LogP contribution in [0.3, 0.4) is 0 Å². The number of aryl methyl sites for hydroxylation is 1. The van der Waals surface area contributed by atoms with Gasteiger partial charge in [0.1, 0.15) is 16.5 Å². The lowest BCUT2D eigenvalue weighted by atomic mass is 10.1. The first-order chi connectivity index (χ1) is 17.1. The molecule has 2 heterocycles. The maximum Gasteiger partial charge on any atom is 0.416 e. The van der Waals surface area contributed by atoms with E-state index in [2.05, 4.69) is 0 Å². The van der Waals surface area contributed by atoms with E-state index in [0.29, 0.717) is 28.5 Å². The molecule has 0 amide bonds. The van der Waals surface area contributed by atoms with Crippen LogP contribution in [0.15, 0.2) is 70.2 Å². The van der Waals surface area contributed by atoms with Crippen molar-refractivity contribution in [3.8, 4) is 16.3 Å². The molecule has 0 spiro atoms. The number of hydrogen-bond donors (Lipinski definition) is 1. The topological polar surface area (TPSA) is 72.6 Å². The first-order valence-corrected chi connectivity index (χ1v) is 12.7. The Kier molecular flexibility index (Phi) is 7.75. The number of furan rings is 1. The monoisotopic (exact) mass is 533 g/mol. The molecule has 0 saturated carbocycles. The van der Waals surface area contributed by atoms with E-state index in [1.165, 1.54) is 30.4 Å². The molecule has 5 nitrogen and oxygen atoms in total. The van der Waals surface area contributed by atoms with Crippen LogP contribution < -0.4 is 4.74 Å². The summed E-state index contributed by atoms with van der Waals surface area (Å²) in [6.45, 7) is 3.33. The normalized spacial score (nSPS) is 12.5. The van der Waals surface area contributed by atoms with Gasteiger partial charge in [-0.15, -0.1) is 23.1 Å². The number of aliphatic carboxylic acids is 1. The maximum atomic E-state index is 13.0. The maximum absolute atomic E-state index is 13.0. The molecule has 1 atom stereocenters. The highest BCUT2D eigenvalue weighted by molar-refractivity contribution is 7.98. The van der Waals surface area contributed by atoms with Crippen molar-refractivity contribution in [1.82, 2.24) is 4.98 Å². The first kappa shape index (κ1) is 25.8. The molecule has 4 rings (SSSR count). The second kappa shape index (κ2) is 10.8. The highest BCUT2D eigenvalue weighted by atomic mass is 32.2. The van der Waals surface area contributed by atoms with Gasteiger partial charge in [-0.1, -0.05) is 12.1 Å². The van der Waals surface area contributed by atoms with Crippen LogP contribution in [0.5, 0.6) is 5.75 Å². The molecule has 0 bridgehead atoms. The molecule has 188 valence electrons. The van der Waals surface area contributed by atoms with Crippen molar-refractivity contribution in [1.29, 1.82) is 0 Å². The summed E-state index contributed by atoms with van der Waals surface area (Å²) >= 11 is 3.02. The molecule has 0 aliphatic heterocycles. The van der Waals surface area contributed by atoms with E-state index in [-0.39, 0.29) is 0 Å². The third kappa shape index (κ3) is 6.30. The van der Waals surface area contributed by atoms with Crippen LogP contribution in [0.1, 0.15) is 34.4 Å². The fraction of sp³-hybridized carbons (Fsp3) is 0.231. The van der Waals surface area contributed by atoms with E-state index < -0.39 is 23.8 Å². The Labute approximate surface area is 214 Å². The molecule has 4 aromatic rings. The number of carbonyl (C=O) groups is 1. The Balaban J connectivity index is 1.55. The van der Waals surface area contributed by atoms with Gasteiger partial charge < -0.3 is 14.3 Å². The Morgan fingerprint density at radius 2 is 1.94 bits per heavy atom. The number of carboxylic acid groups (broad SMARTS) is 1. The van der Waals surface area contributed by atoms with Gasteiger partial charge in [0.05, 0.1) is 17.5 Å². The second-order valence-electron chi connectivity index (χ2n) is 8.03. The lowest BCUT2D eigenvalue weighted by Crippen LogP contribution is -2.23. The number of alkyl halides is 3. The van der Waals surface area contributed by atoms with E-state index >= 15 is 0 Å². The van der Waals surface area contributed by atoms with Crippen molar-refractivity contribution < 1.29 is 32.2 Å². The van der Waals surface area contributed by atoms with E-state index in [4.69, 9.17) is 19.2 Å². The molecule has 36 heavy (non-hydrogen) atoms. The van der Waals surface area contributed by atoms with Crippen molar-refractivity contribution >= 4 is 29.1 Å². The summed E-state index contributed by atoms with van der Waals surface area (Å²) in [6, 6.07) is 14.2. The number of thioether (sulfide) groups is 1. The molecule has 2 aromatic carbocycles. The number of nitrogens with zero attached hydrogens (tertiary/aromatic N) is 1. The smallest absolute Gasteiger partial charge is 0.416 e. The molecule has 0 saturated heterocycles. The van der Waals surface area contributed by atoms with Crippen molar-refractivity contribution in [3.05, 3.63) is 88.3 Å². The standard InChI is InChI=1S/C26H22F3NO4S2/c1-15-12-20(9-10-22(15)34-16(2)25(31)32)35-14-23-21(13-19-4-3-11-33-19)30-24(36-23)17-5-7-18(8-6-17)26(27,28)29/h3-12,16H,13-14H2,1-2H3,(H,31,32). The second-order valence-corrected chi connectivity index (χ2v) is 10.2. The van der Waals surface area contributed by atoms with Crippen LogP contribution in [0.25, 0.3) is 10.6 Å². The number of benzene rings is 2. The SMILES string of the molecule is Cc1cc(SCc2sc(-c3ccc(C(F)(F)F)cc3)nc2Cc2ccco2)ccc1OC(C)C(=O)O. The Morgan fingerprint density at radius 1 is 1.19 bits per heavy atom. The highest BCUT2D eigenvalue weighted by Gasteiger charge is 2.30. The zero-order chi connectivity index (χ0) is 25.9. The Morgan fingerprint density at radius 3 is 2.56 bits per heavy atom. The van der Waals surface area contributed by atoms with Crippen LogP contribution >= 0.6 is 23.1 Å². The van der Waals surface area contributed by atoms with Crippen molar-refractivity contribution in [2.45, 2.75) is 43.2 Å². The van der Waals surface area contributed by atoms with E-state index in [9.17, 15) is 18.0 Å². The van der Waals surface area contributed by atoms with Gasteiger partial charge in [-0.3, -0.25) is 0 Å². The number of halogens is 3. The quantitative estimate of drug-likeness (QED) is 0.225. The molecular formula is C26H22F3NO4S2. The summed E-state index contributed by atoms with van der Waals surface area (Å²) in [7, 11) is 0. The average molecular weight is 534 g/mol. The third-order valence-corrected chi connectivity index (χ3v) is 7.68. The number of hydrogen-bond acceptors (Lipinski definition) is 6. The molecule has 0 aliphatic rings. The Hall–Kier alpha value is -3.24. The van der Waals surface area contributed by atoms with Crippen LogP contribution in [0, 0.1) is 6.92 Å². The third-order valence-electron chi connectivity index (χ3n) is 5.33. The van der Waals surface area contributed by atoms with Gasteiger partial charge in [-0.05, 0) is 61.9 Å². The minimum atomic E-state index is -4.39. The molecule has 1 unspecified atom stereocenters. The summed E-state index contributed by atoms with van der Waals surface area (Å²) < 4.78 is 49.8. The summed E-state index contributed by atoms with van der Waals surface area (Å²) in [6.07, 6.45) is -3.28. The molecule has 0 radical (unpaired) electrons. The van der Waals surface area contributed by atoms with Gasteiger partial charge >= 0.3 is 12.1 Å². The number of aromatic nitrogens is 1. The van der Waals surface area contributed by atoms with Crippen LogP contribution in [0.4, 0.5) is 13.2 Å². The lowest BCUT2D eigenvalue weighted by molar-refractivity contribution is -0.144. The van der Waals surface area contributed by atoms with Crippen molar-refractivity contribution in [3.63, 3.8) is 0 Å². The van der Waals surface area contributed by atoms with Crippen LogP contribution in [-0.2, 0) is 23.1 Å². The van der Waals surface area contributed by atoms with Gasteiger partial charge in [-0.2, -0.15) is 13.2 Å².